The Morgan fingerprint density at radius 3 is 2.50 bits per heavy atom. The van der Waals surface area contributed by atoms with Crippen LogP contribution in [-0.4, -0.2) is 71.4 Å². The summed E-state index contributed by atoms with van der Waals surface area (Å²) in [4.78, 5) is 24.9. The van der Waals surface area contributed by atoms with Crippen LogP contribution >= 0.6 is 27.3 Å². The Balaban J connectivity index is 2.42. The van der Waals surface area contributed by atoms with Gasteiger partial charge < -0.3 is 4.90 Å². The first-order chi connectivity index (χ1) is 13.4. The van der Waals surface area contributed by atoms with E-state index in [1.807, 2.05) is 18.1 Å². The highest BCUT2D eigenvalue weighted by Crippen LogP contribution is 2.20. The molecule has 28 heavy (non-hydrogen) atoms. The first-order valence-corrected chi connectivity index (χ1v) is 12.3. The lowest BCUT2D eigenvalue weighted by Gasteiger charge is -2.30. The van der Waals surface area contributed by atoms with Crippen molar-refractivity contribution in [2.24, 2.45) is 0 Å². The monoisotopic (exact) mass is 474 g/mol. The van der Waals surface area contributed by atoms with E-state index in [0.717, 1.165) is 49.6 Å². The number of likely N-dealkylation sites (N-methyl/N-ethyl adjacent to an activating group) is 2. The average Bonchev–Trinajstić information content (AvgIpc) is 3.09. The lowest BCUT2D eigenvalue weighted by atomic mass is 10.1. The summed E-state index contributed by atoms with van der Waals surface area (Å²) in [6.45, 7) is 14.4. The Morgan fingerprint density at radius 1 is 1.18 bits per heavy atom. The van der Waals surface area contributed by atoms with E-state index < -0.39 is 0 Å². The van der Waals surface area contributed by atoms with Crippen molar-refractivity contribution in [3.63, 3.8) is 0 Å². The van der Waals surface area contributed by atoms with Crippen molar-refractivity contribution in [2.45, 2.75) is 72.4 Å². The average molecular weight is 476 g/mol. The Labute approximate surface area is 184 Å². The molecule has 1 rings (SSSR count). The highest BCUT2D eigenvalue weighted by atomic mass is 79.9. The van der Waals surface area contributed by atoms with Crippen molar-refractivity contribution in [3.05, 3.63) is 15.0 Å². The van der Waals surface area contributed by atoms with Gasteiger partial charge in [-0.2, -0.15) is 0 Å². The van der Waals surface area contributed by atoms with E-state index in [0.29, 0.717) is 12.5 Å². The molecule has 5 nitrogen and oxygen atoms in total. The molecule has 1 heterocycles. The third-order valence-corrected chi connectivity index (χ3v) is 6.70. The molecule has 162 valence electrons. The number of carbonyl (C=O) groups excluding carboxylic acids is 1. The van der Waals surface area contributed by atoms with Crippen LogP contribution in [0.2, 0.25) is 0 Å². The molecule has 0 aliphatic rings. The van der Waals surface area contributed by atoms with E-state index >= 15 is 0 Å². The van der Waals surface area contributed by atoms with Crippen molar-refractivity contribution >= 4 is 33.2 Å². The van der Waals surface area contributed by atoms with Gasteiger partial charge in [-0.15, -0.1) is 11.3 Å². The minimum Gasteiger partial charge on any atom is -0.344 e. The van der Waals surface area contributed by atoms with E-state index in [4.69, 9.17) is 0 Å². The normalized spacial score (nSPS) is 12.7. The number of nitrogens with zero attached hydrogens (tertiary/aromatic N) is 4. The molecular weight excluding hydrogens is 436 g/mol. The quantitative estimate of drug-likeness (QED) is 0.363. The van der Waals surface area contributed by atoms with Crippen LogP contribution in [0, 0.1) is 0 Å². The predicted molar refractivity (Wildman–Crippen MR) is 124 cm³/mol. The number of aromatic nitrogens is 1. The van der Waals surface area contributed by atoms with Gasteiger partial charge in [-0.05, 0) is 48.8 Å². The molecule has 0 N–H and O–H groups in total. The Kier molecular flexibility index (Phi) is 13.2. The van der Waals surface area contributed by atoms with E-state index in [2.05, 4.69) is 58.4 Å². The molecule has 7 heteroatoms. The maximum Gasteiger partial charge on any atom is 0.223 e. The zero-order valence-corrected chi connectivity index (χ0v) is 20.8. The van der Waals surface area contributed by atoms with Gasteiger partial charge in [0.1, 0.15) is 0 Å². The molecule has 1 aromatic rings. The standard InChI is InChI=1S/C21H39BrN4OS/c1-6-9-10-18(4)26(8-3)15-14-24(5)20(27)11-13-25(12-7-2)17-19-16-23-21(22)28-19/h16,18H,6-15,17H2,1-5H3. The lowest BCUT2D eigenvalue weighted by molar-refractivity contribution is -0.130. The van der Waals surface area contributed by atoms with Crippen LogP contribution in [0.25, 0.3) is 0 Å². The van der Waals surface area contributed by atoms with Crippen molar-refractivity contribution in [3.8, 4) is 0 Å². The molecule has 0 aliphatic carbocycles. The third kappa shape index (κ3) is 9.81. The number of hydrogen-bond acceptors (Lipinski definition) is 5. The molecule has 0 fully saturated rings. The van der Waals surface area contributed by atoms with Gasteiger partial charge in [0.05, 0.1) is 0 Å². The maximum absolute atomic E-state index is 12.6. The van der Waals surface area contributed by atoms with E-state index in [9.17, 15) is 4.79 Å². The van der Waals surface area contributed by atoms with E-state index in [1.54, 1.807) is 11.3 Å². The van der Waals surface area contributed by atoms with Gasteiger partial charge >= 0.3 is 0 Å². The summed E-state index contributed by atoms with van der Waals surface area (Å²) in [6, 6.07) is 0.590. The van der Waals surface area contributed by atoms with E-state index in [1.165, 1.54) is 24.1 Å². The number of hydrogen-bond donors (Lipinski definition) is 0. The number of rotatable bonds is 15. The summed E-state index contributed by atoms with van der Waals surface area (Å²) < 4.78 is 0.920. The maximum atomic E-state index is 12.6. The zero-order chi connectivity index (χ0) is 20.9. The highest BCUT2D eigenvalue weighted by molar-refractivity contribution is 9.11. The van der Waals surface area contributed by atoms with Gasteiger partial charge in [0.2, 0.25) is 5.91 Å². The van der Waals surface area contributed by atoms with Gasteiger partial charge in [-0.3, -0.25) is 14.6 Å². The molecule has 1 unspecified atom stereocenters. The third-order valence-electron chi connectivity index (χ3n) is 5.24. The van der Waals surface area contributed by atoms with Crippen molar-refractivity contribution in [1.29, 1.82) is 0 Å². The van der Waals surface area contributed by atoms with Gasteiger partial charge in [0, 0.05) is 56.8 Å². The molecule has 1 atom stereocenters. The van der Waals surface area contributed by atoms with Crippen LogP contribution in [-0.2, 0) is 11.3 Å². The van der Waals surface area contributed by atoms with Gasteiger partial charge in [0.25, 0.3) is 0 Å². The van der Waals surface area contributed by atoms with Crippen LogP contribution < -0.4 is 0 Å². The van der Waals surface area contributed by atoms with Crippen LogP contribution in [0.1, 0.15) is 64.7 Å². The summed E-state index contributed by atoms with van der Waals surface area (Å²) in [5.41, 5.74) is 0. The summed E-state index contributed by atoms with van der Waals surface area (Å²) >= 11 is 5.09. The molecule has 0 aliphatic heterocycles. The van der Waals surface area contributed by atoms with Crippen LogP contribution in [0.5, 0.6) is 0 Å². The Morgan fingerprint density at radius 2 is 1.93 bits per heavy atom. The largest absolute Gasteiger partial charge is 0.344 e. The van der Waals surface area contributed by atoms with Crippen molar-refractivity contribution in [1.82, 2.24) is 19.7 Å². The highest BCUT2D eigenvalue weighted by Gasteiger charge is 2.16. The van der Waals surface area contributed by atoms with Gasteiger partial charge in [0.15, 0.2) is 3.92 Å². The minimum atomic E-state index is 0.240. The minimum absolute atomic E-state index is 0.240. The summed E-state index contributed by atoms with van der Waals surface area (Å²) in [5.74, 6) is 0.240. The Bertz CT molecular complexity index is 554. The molecule has 0 saturated carbocycles. The van der Waals surface area contributed by atoms with Crippen LogP contribution in [0.15, 0.2) is 10.1 Å². The van der Waals surface area contributed by atoms with E-state index in [-0.39, 0.29) is 5.91 Å². The fourth-order valence-corrected chi connectivity index (χ4v) is 4.78. The van der Waals surface area contributed by atoms with Crippen molar-refractivity contribution < 1.29 is 4.79 Å². The Hall–Kier alpha value is -0.500. The fraction of sp³-hybridized carbons (Fsp3) is 0.810. The number of unbranched alkanes of at least 4 members (excludes halogenated alkanes) is 1. The fourth-order valence-electron chi connectivity index (χ4n) is 3.38. The summed E-state index contributed by atoms with van der Waals surface area (Å²) in [6.07, 6.45) is 7.34. The number of thiazole rings is 1. The first kappa shape index (κ1) is 25.5. The summed E-state index contributed by atoms with van der Waals surface area (Å²) in [5, 5.41) is 0. The van der Waals surface area contributed by atoms with Crippen LogP contribution in [0.4, 0.5) is 0 Å². The first-order valence-electron chi connectivity index (χ1n) is 10.7. The number of halogens is 1. The predicted octanol–water partition coefficient (Wildman–Crippen LogP) is 4.87. The van der Waals surface area contributed by atoms with Gasteiger partial charge in [-0.1, -0.05) is 33.6 Å². The molecular formula is C21H39BrN4OS. The number of amides is 1. The molecule has 1 aromatic heterocycles. The molecule has 0 aromatic carbocycles. The second-order valence-electron chi connectivity index (χ2n) is 7.54. The second-order valence-corrected chi connectivity index (χ2v) is 9.93. The lowest BCUT2D eigenvalue weighted by Crippen LogP contribution is -2.41. The van der Waals surface area contributed by atoms with Crippen molar-refractivity contribution in [2.75, 3.05) is 39.8 Å². The topological polar surface area (TPSA) is 39.7 Å². The SMILES string of the molecule is CCCCC(C)N(CC)CCN(C)C(=O)CCN(CCC)Cc1cnc(Br)s1. The van der Waals surface area contributed by atoms with Gasteiger partial charge in [-0.25, -0.2) is 4.98 Å². The smallest absolute Gasteiger partial charge is 0.223 e. The number of carbonyl (C=O) groups is 1. The zero-order valence-electron chi connectivity index (χ0n) is 18.4. The molecule has 0 spiro atoms. The molecule has 0 saturated heterocycles. The molecule has 0 bridgehead atoms. The second kappa shape index (κ2) is 14.5. The molecule has 0 radical (unpaired) electrons. The van der Waals surface area contributed by atoms with Crippen LogP contribution in [0.3, 0.4) is 0 Å². The molecule has 1 amide bonds. The summed E-state index contributed by atoms with van der Waals surface area (Å²) in [7, 11) is 1.94.